The minimum atomic E-state index is -0.755. The molecule has 0 aliphatic heterocycles. The molecule has 3 heterocycles. The van der Waals surface area contributed by atoms with Gasteiger partial charge in [0.1, 0.15) is 29.5 Å². The molecule has 0 radical (unpaired) electrons. The maximum absolute atomic E-state index is 14.6. The van der Waals surface area contributed by atoms with E-state index in [0.29, 0.717) is 41.2 Å². The van der Waals surface area contributed by atoms with Gasteiger partial charge < -0.3 is 23.6 Å². The largest absolute Gasteiger partial charge is 0.491 e. The molecule has 0 amide bonds. The van der Waals surface area contributed by atoms with Crippen molar-refractivity contribution in [1.29, 1.82) is 0 Å². The van der Waals surface area contributed by atoms with Gasteiger partial charge in [0.2, 0.25) is 0 Å². The van der Waals surface area contributed by atoms with E-state index in [9.17, 15) is 18.4 Å². The third-order valence-corrected chi connectivity index (χ3v) is 6.41. The number of aromatic amines is 1. The quantitative estimate of drug-likeness (QED) is 0.313. The molecule has 0 saturated heterocycles. The third kappa shape index (κ3) is 4.64. The number of rotatable bonds is 7. The van der Waals surface area contributed by atoms with Crippen LogP contribution in [0.5, 0.6) is 5.75 Å². The summed E-state index contributed by atoms with van der Waals surface area (Å²) in [5, 5.41) is 0.508. The molecule has 0 atom stereocenters. The van der Waals surface area contributed by atoms with Crippen LogP contribution >= 0.6 is 0 Å². The molecule has 0 aliphatic rings. The second-order valence-electron chi connectivity index (χ2n) is 8.97. The summed E-state index contributed by atoms with van der Waals surface area (Å²) in [4.78, 5) is 28.8. The van der Waals surface area contributed by atoms with Crippen molar-refractivity contribution in [2.75, 3.05) is 20.3 Å². The van der Waals surface area contributed by atoms with Gasteiger partial charge in [-0.2, -0.15) is 0 Å². The summed E-state index contributed by atoms with van der Waals surface area (Å²) < 4.78 is 41.8. The molecule has 0 unspecified atom stereocenters. The van der Waals surface area contributed by atoms with Crippen LogP contribution in [0, 0.1) is 11.6 Å². The minimum absolute atomic E-state index is 0.126. The van der Waals surface area contributed by atoms with Gasteiger partial charge in [-0.1, -0.05) is 12.1 Å². The van der Waals surface area contributed by atoms with Crippen molar-refractivity contribution in [3.63, 3.8) is 0 Å². The van der Waals surface area contributed by atoms with Crippen molar-refractivity contribution in [1.82, 2.24) is 14.1 Å². The Kier molecular flexibility index (Phi) is 6.69. The van der Waals surface area contributed by atoms with E-state index >= 15 is 0 Å². The van der Waals surface area contributed by atoms with E-state index in [4.69, 9.17) is 9.47 Å². The number of nitrogens with one attached hydrogen (secondary N) is 1. The smallest absolute Gasteiger partial charge is 0.274 e. The molecule has 2 aromatic carbocycles. The van der Waals surface area contributed by atoms with Gasteiger partial charge in [0.05, 0.1) is 6.61 Å². The first kappa shape index (κ1) is 25.2. The van der Waals surface area contributed by atoms with E-state index in [2.05, 4.69) is 4.98 Å². The first-order valence-electron chi connectivity index (χ1n) is 11.9. The molecular weight excluding hydrogens is 492 g/mol. The number of aromatic nitrogens is 3. The van der Waals surface area contributed by atoms with E-state index in [1.165, 1.54) is 21.3 Å². The molecule has 0 saturated carbocycles. The van der Waals surface area contributed by atoms with Crippen LogP contribution in [0.1, 0.15) is 0 Å². The molecule has 0 aliphatic carbocycles. The van der Waals surface area contributed by atoms with Crippen LogP contribution in [-0.4, -0.2) is 34.4 Å². The summed E-state index contributed by atoms with van der Waals surface area (Å²) in [5.74, 6) is -0.813. The first-order valence-corrected chi connectivity index (χ1v) is 11.9. The Labute approximate surface area is 216 Å². The Morgan fingerprint density at radius 2 is 1.63 bits per heavy atom. The van der Waals surface area contributed by atoms with Crippen molar-refractivity contribution >= 4 is 10.9 Å². The van der Waals surface area contributed by atoms with Gasteiger partial charge in [-0.05, 0) is 41.5 Å². The number of methoxy groups -OCH3 is 1. The number of H-pyrrole nitrogens is 1. The summed E-state index contributed by atoms with van der Waals surface area (Å²) in [6.07, 6.45) is 3.39. The zero-order valence-electron chi connectivity index (χ0n) is 21.0. The summed E-state index contributed by atoms with van der Waals surface area (Å²) in [5.41, 5.74) is 2.86. The predicted molar refractivity (Wildman–Crippen MR) is 142 cm³/mol. The standard InChI is InChI=1S/C29H25F2N3O4/c1-33-15-23(17-5-4-6-19(11-17)38-10-9-37-3)21(14-27(33)35)24-16-34(2)29(36)28-22(24)13-26(32-28)20-8-7-18(30)12-25(20)31/h4-8,11-16,32H,9-10H2,1-3H3. The normalized spacial score (nSPS) is 11.3. The molecule has 7 nitrogen and oxygen atoms in total. The Bertz CT molecular complexity index is 1790. The molecule has 0 spiro atoms. The SMILES string of the molecule is COCCOc1cccc(-c2cn(C)c(=O)cc2-c2cn(C)c(=O)c3[nH]c(-c4ccc(F)cc4F)cc23)c1. The number of ether oxygens (including phenoxy) is 2. The van der Waals surface area contributed by atoms with Crippen LogP contribution in [0.4, 0.5) is 8.78 Å². The topological polar surface area (TPSA) is 78.2 Å². The average Bonchev–Trinajstić information content (AvgIpc) is 3.33. The summed E-state index contributed by atoms with van der Waals surface area (Å²) in [6, 6.07) is 13.9. The van der Waals surface area contributed by atoms with Crippen molar-refractivity contribution in [2.24, 2.45) is 14.1 Å². The lowest BCUT2D eigenvalue weighted by molar-refractivity contribution is 0.146. The lowest BCUT2D eigenvalue weighted by Gasteiger charge is -2.15. The zero-order valence-corrected chi connectivity index (χ0v) is 21.0. The number of pyridine rings is 2. The molecule has 5 aromatic rings. The van der Waals surface area contributed by atoms with Crippen LogP contribution in [0.25, 0.3) is 44.4 Å². The number of hydrogen-bond acceptors (Lipinski definition) is 4. The molecule has 0 fully saturated rings. The summed E-state index contributed by atoms with van der Waals surface area (Å²) in [6.45, 7) is 0.823. The highest BCUT2D eigenvalue weighted by Gasteiger charge is 2.19. The van der Waals surface area contributed by atoms with Gasteiger partial charge in [-0.3, -0.25) is 9.59 Å². The highest BCUT2D eigenvalue weighted by molar-refractivity contribution is 6.00. The number of aryl methyl sites for hydroxylation is 2. The van der Waals surface area contributed by atoms with Gasteiger partial charge in [0, 0.05) is 73.5 Å². The lowest BCUT2D eigenvalue weighted by Crippen LogP contribution is -2.18. The fourth-order valence-electron chi connectivity index (χ4n) is 4.48. The van der Waals surface area contributed by atoms with Crippen LogP contribution in [0.2, 0.25) is 0 Å². The average molecular weight is 518 g/mol. The molecule has 5 rings (SSSR count). The molecule has 9 heteroatoms. The van der Waals surface area contributed by atoms with E-state index < -0.39 is 11.6 Å². The van der Waals surface area contributed by atoms with Crippen LogP contribution in [-0.2, 0) is 18.8 Å². The highest BCUT2D eigenvalue weighted by atomic mass is 19.1. The van der Waals surface area contributed by atoms with Gasteiger partial charge >= 0.3 is 0 Å². The second-order valence-corrected chi connectivity index (χ2v) is 8.97. The Morgan fingerprint density at radius 1 is 0.842 bits per heavy atom. The fraction of sp³-hybridized carbons (Fsp3) is 0.172. The summed E-state index contributed by atoms with van der Waals surface area (Å²) >= 11 is 0. The maximum Gasteiger partial charge on any atom is 0.274 e. The number of benzene rings is 2. The number of hydrogen-bond donors (Lipinski definition) is 1. The first-order chi connectivity index (χ1) is 18.3. The molecule has 0 bridgehead atoms. The van der Waals surface area contributed by atoms with E-state index in [-0.39, 0.29) is 22.2 Å². The number of fused-ring (bicyclic) bond motifs is 1. The molecular formula is C29H25F2N3O4. The van der Waals surface area contributed by atoms with Crippen molar-refractivity contribution in [3.05, 3.63) is 99.3 Å². The minimum Gasteiger partial charge on any atom is -0.491 e. The Morgan fingerprint density at radius 3 is 2.39 bits per heavy atom. The van der Waals surface area contributed by atoms with Crippen molar-refractivity contribution in [3.8, 4) is 39.3 Å². The summed E-state index contributed by atoms with van der Waals surface area (Å²) in [7, 11) is 4.87. The van der Waals surface area contributed by atoms with Crippen LogP contribution in [0.15, 0.2) is 76.6 Å². The Balaban J connectivity index is 1.73. The lowest BCUT2D eigenvalue weighted by atomic mass is 9.95. The molecule has 194 valence electrons. The monoisotopic (exact) mass is 517 g/mol. The molecule has 1 N–H and O–H groups in total. The van der Waals surface area contributed by atoms with Gasteiger partial charge in [0.15, 0.2) is 0 Å². The second kappa shape index (κ2) is 10.1. The van der Waals surface area contributed by atoms with Crippen LogP contribution < -0.4 is 15.9 Å². The highest BCUT2D eigenvalue weighted by Crippen LogP contribution is 2.37. The van der Waals surface area contributed by atoms with Gasteiger partial charge in [0.25, 0.3) is 11.1 Å². The van der Waals surface area contributed by atoms with E-state index in [1.807, 2.05) is 24.3 Å². The van der Waals surface area contributed by atoms with Crippen LogP contribution in [0.3, 0.4) is 0 Å². The van der Waals surface area contributed by atoms with Crippen molar-refractivity contribution < 1.29 is 18.3 Å². The fourth-order valence-corrected chi connectivity index (χ4v) is 4.48. The third-order valence-electron chi connectivity index (χ3n) is 6.41. The number of nitrogens with zero attached hydrogens (tertiary/aromatic N) is 2. The predicted octanol–water partition coefficient (Wildman–Crippen LogP) is 4.87. The van der Waals surface area contributed by atoms with E-state index in [1.54, 1.807) is 39.7 Å². The Hall–Kier alpha value is -4.50. The molecule has 3 aromatic heterocycles. The van der Waals surface area contributed by atoms with Crippen molar-refractivity contribution in [2.45, 2.75) is 0 Å². The zero-order chi connectivity index (χ0) is 27.0. The number of halogens is 2. The van der Waals surface area contributed by atoms with Gasteiger partial charge in [-0.25, -0.2) is 8.78 Å². The van der Waals surface area contributed by atoms with Gasteiger partial charge in [-0.15, -0.1) is 0 Å². The van der Waals surface area contributed by atoms with E-state index in [0.717, 1.165) is 23.3 Å². The maximum atomic E-state index is 14.6. The molecule has 38 heavy (non-hydrogen) atoms.